The summed E-state index contributed by atoms with van der Waals surface area (Å²) in [6, 6.07) is 10.4. The highest BCUT2D eigenvalue weighted by Gasteiger charge is 2.08. The topological polar surface area (TPSA) is 46.1 Å². The highest BCUT2D eigenvalue weighted by atomic mass is 127. The Morgan fingerprint density at radius 3 is 2.50 bits per heavy atom. The Morgan fingerprint density at radius 1 is 1.11 bits per heavy atom. The molecule has 2 rings (SSSR count). The van der Waals surface area contributed by atoms with Gasteiger partial charge in [-0.2, -0.15) is 0 Å². The molecular weight excluding hydrogens is 485 g/mol. The Hall–Kier alpha value is -1.48. The number of likely N-dealkylation sites (N-methyl/N-ethyl adjacent to an activating group) is 1. The minimum absolute atomic E-state index is 0. The fourth-order valence-corrected chi connectivity index (χ4v) is 3.49. The van der Waals surface area contributed by atoms with Gasteiger partial charge in [0.15, 0.2) is 17.5 Å². The van der Waals surface area contributed by atoms with Gasteiger partial charge in [-0.05, 0) is 55.8 Å². The molecule has 1 N–H and O–H groups in total. The Kier molecular flexibility index (Phi) is 12.0. The van der Waals surface area contributed by atoms with Crippen molar-refractivity contribution in [2.45, 2.75) is 26.7 Å². The zero-order valence-electron chi connectivity index (χ0n) is 17.2. The number of nitrogens with zero attached hydrogens (tertiary/aromatic N) is 2. The predicted molar refractivity (Wildman–Crippen MR) is 130 cm³/mol. The Balaban J connectivity index is 0.00000392. The predicted octanol–water partition coefficient (Wildman–Crippen LogP) is 4.46. The Labute approximate surface area is 190 Å². The summed E-state index contributed by atoms with van der Waals surface area (Å²) in [6.07, 6.45) is 1.93. The highest BCUT2D eigenvalue weighted by molar-refractivity contribution is 14.0. The number of ether oxygens (including phenoxy) is 2. The summed E-state index contributed by atoms with van der Waals surface area (Å²) in [5.74, 6) is 2.54. The number of rotatable bonds is 10. The van der Waals surface area contributed by atoms with Crippen molar-refractivity contribution in [3.05, 3.63) is 46.2 Å². The van der Waals surface area contributed by atoms with Gasteiger partial charge in [0.1, 0.15) is 0 Å². The molecule has 0 atom stereocenters. The minimum Gasteiger partial charge on any atom is -0.490 e. The minimum atomic E-state index is 0. The van der Waals surface area contributed by atoms with E-state index in [1.165, 1.54) is 10.4 Å². The standard InChI is InChI=1S/C21H31N3O2S.HI/c1-5-25-19-10-9-17(16-20(19)26-6-2)11-13-23-21(22-3)24(4)14-12-18-8-7-15-27-18;/h7-10,15-16H,5-6,11-14H2,1-4H3,(H,22,23);1H. The van der Waals surface area contributed by atoms with Crippen molar-refractivity contribution in [3.8, 4) is 11.5 Å². The van der Waals surface area contributed by atoms with Crippen LogP contribution in [-0.4, -0.2) is 51.3 Å². The van der Waals surface area contributed by atoms with Crippen LogP contribution in [-0.2, 0) is 12.8 Å². The van der Waals surface area contributed by atoms with E-state index in [-0.39, 0.29) is 24.0 Å². The van der Waals surface area contributed by atoms with E-state index >= 15 is 0 Å². The summed E-state index contributed by atoms with van der Waals surface area (Å²) in [4.78, 5) is 7.96. The van der Waals surface area contributed by atoms with Crippen LogP contribution in [0.2, 0.25) is 0 Å². The molecule has 2 aromatic rings. The molecule has 7 heteroatoms. The number of hydrogen-bond donors (Lipinski definition) is 1. The summed E-state index contributed by atoms with van der Waals surface area (Å²) in [7, 11) is 3.90. The molecule has 0 saturated heterocycles. The monoisotopic (exact) mass is 517 g/mol. The van der Waals surface area contributed by atoms with Crippen molar-refractivity contribution >= 4 is 41.3 Å². The largest absolute Gasteiger partial charge is 0.490 e. The Morgan fingerprint density at radius 2 is 1.86 bits per heavy atom. The molecule has 5 nitrogen and oxygen atoms in total. The second-order valence-corrected chi connectivity index (χ2v) is 7.15. The van der Waals surface area contributed by atoms with Gasteiger partial charge in [-0.25, -0.2) is 0 Å². The van der Waals surface area contributed by atoms with Crippen LogP contribution in [0.1, 0.15) is 24.3 Å². The first-order chi connectivity index (χ1) is 13.2. The lowest BCUT2D eigenvalue weighted by atomic mass is 10.1. The van der Waals surface area contributed by atoms with Crippen molar-refractivity contribution in [2.24, 2.45) is 4.99 Å². The molecule has 156 valence electrons. The summed E-state index contributed by atoms with van der Waals surface area (Å²) in [6.45, 7) is 6.99. The molecule has 0 fully saturated rings. The van der Waals surface area contributed by atoms with Crippen LogP contribution in [0.15, 0.2) is 40.7 Å². The summed E-state index contributed by atoms with van der Waals surface area (Å²) < 4.78 is 11.3. The Bertz CT molecular complexity index is 708. The second kappa shape index (κ2) is 13.7. The average molecular weight is 517 g/mol. The van der Waals surface area contributed by atoms with Gasteiger partial charge in [-0.3, -0.25) is 4.99 Å². The van der Waals surface area contributed by atoms with E-state index in [1.807, 2.05) is 27.0 Å². The SMILES string of the molecule is CCOc1ccc(CCNC(=NC)N(C)CCc2cccs2)cc1OCC.I. The third-order valence-corrected chi connectivity index (χ3v) is 5.09. The summed E-state index contributed by atoms with van der Waals surface area (Å²) >= 11 is 1.80. The van der Waals surface area contributed by atoms with Gasteiger partial charge in [0.05, 0.1) is 13.2 Å². The molecule has 0 unspecified atom stereocenters. The number of halogens is 1. The summed E-state index contributed by atoms with van der Waals surface area (Å²) in [5.41, 5.74) is 1.21. The van der Waals surface area contributed by atoms with Crippen LogP contribution >= 0.6 is 35.3 Å². The number of nitrogens with one attached hydrogen (secondary N) is 1. The van der Waals surface area contributed by atoms with E-state index in [0.29, 0.717) is 13.2 Å². The highest BCUT2D eigenvalue weighted by Crippen LogP contribution is 2.28. The van der Waals surface area contributed by atoms with Gasteiger partial charge in [0, 0.05) is 32.1 Å². The van der Waals surface area contributed by atoms with Crippen LogP contribution in [0.3, 0.4) is 0 Å². The molecular formula is C21H32IN3O2S. The van der Waals surface area contributed by atoms with Crippen molar-refractivity contribution in [1.29, 1.82) is 0 Å². The van der Waals surface area contributed by atoms with Gasteiger partial charge in [-0.15, -0.1) is 35.3 Å². The molecule has 0 aliphatic carbocycles. The van der Waals surface area contributed by atoms with Crippen molar-refractivity contribution in [3.63, 3.8) is 0 Å². The van der Waals surface area contributed by atoms with E-state index < -0.39 is 0 Å². The molecule has 0 bridgehead atoms. The van der Waals surface area contributed by atoms with Crippen LogP contribution in [0, 0.1) is 0 Å². The molecule has 0 radical (unpaired) electrons. The fraction of sp³-hybridized carbons (Fsp3) is 0.476. The number of aliphatic imine (C=N–C) groups is 1. The molecule has 1 aromatic heterocycles. The zero-order valence-corrected chi connectivity index (χ0v) is 20.4. The third kappa shape index (κ3) is 7.87. The smallest absolute Gasteiger partial charge is 0.193 e. The van der Waals surface area contributed by atoms with Crippen LogP contribution in [0.25, 0.3) is 0 Å². The lowest BCUT2D eigenvalue weighted by molar-refractivity contribution is 0.287. The van der Waals surface area contributed by atoms with Gasteiger partial charge in [0.25, 0.3) is 0 Å². The zero-order chi connectivity index (χ0) is 19.5. The molecule has 0 amide bonds. The lowest BCUT2D eigenvalue weighted by Gasteiger charge is -2.22. The molecule has 0 aliphatic rings. The first-order valence-corrected chi connectivity index (χ1v) is 10.4. The maximum atomic E-state index is 5.71. The number of hydrogen-bond acceptors (Lipinski definition) is 4. The van der Waals surface area contributed by atoms with Crippen molar-refractivity contribution < 1.29 is 9.47 Å². The first kappa shape index (κ1) is 24.6. The van der Waals surface area contributed by atoms with E-state index in [9.17, 15) is 0 Å². The van der Waals surface area contributed by atoms with Gasteiger partial charge < -0.3 is 19.7 Å². The quantitative estimate of drug-likeness (QED) is 0.287. The number of thiophene rings is 1. The second-order valence-electron chi connectivity index (χ2n) is 6.12. The summed E-state index contributed by atoms with van der Waals surface area (Å²) in [5, 5.41) is 5.57. The van der Waals surface area contributed by atoms with Crippen LogP contribution in [0.5, 0.6) is 11.5 Å². The average Bonchev–Trinajstić information content (AvgIpc) is 3.19. The lowest BCUT2D eigenvalue weighted by Crippen LogP contribution is -2.40. The molecule has 0 aliphatic heterocycles. The van der Waals surface area contributed by atoms with Gasteiger partial charge in [0.2, 0.25) is 0 Å². The van der Waals surface area contributed by atoms with E-state index in [0.717, 1.165) is 43.4 Å². The normalized spacial score (nSPS) is 10.9. The van der Waals surface area contributed by atoms with Crippen molar-refractivity contribution in [2.75, 3.05) is 40.4 Å². The molecule has 1 heterocycles. The molecule has 1 aromatic carbocycles. The molecule has 28 heavy (non-hydrogen) atoms. The fourth-order valence-electron chi connectivity index (χ4n) is 2.79. The van der Waals surface area contributed by atoms with Crippen LogP contribution < -0.4 is 14.8 Å². The number of benzene rings is 1. The maximum Gasteiger partial charge on any atom is 0.193 e. The van der Waals surface area contributed by atoms with E-state index in [2.05, 4.69) is 51.9 Å². The van der Waals surface area contributed by atoms with Crippen molar-refractivity contribution in [1.82, 2.24) is 10.2 Å². The van der Waals surface area contributed by atoms with Gasteiger partial charge >= 0.3 is 0 Å². The maximum absolute atomic E-state index is 5.71. The van der Waals surface area contributed by atoms with Crippen LogP contribution in [0.4, 0.5) is 0 Å². The van der Waals surface area contributed by atoms with E-state index in [4.69, 9.17) is 9.47 Å². The third-order valence-electron chi connectivity index (χ3n) is 4.15. The number of guanidine groups is 1. The molecule has 0 saturated carbocycles. The first-order valence-electron chi connectivity index (χ1n) is 9.50. The van der Waals surface area contributed by atoms with Gasteiger partial charge in [-0.1, -0.05) is 12.1 Å². The van der Waals surface area contributed by atoms with E-state index in [1.54, 1.807) is 11.3 Å². The molecule has 0 spiro atoms.